The zero-order valence-corrected chi connectivity index (χ0v) is 10.5. The molecule has 0 saturated carbocycles. The van der Waals surface area contributed by atoms with Gasteiger partial charge in [-0.1, -0.05) is 12.1 Å². The van der Waals surface area contributed by atoms with Gasteiger partial charge in [-0.05, 0) is 31.9 Å². The average Bonchev–Trinajstić information content (AvgIpc) is 2.28. The molecule has 1 aromatic carbocycles. The van der Waals surface area contributed by atoms with Gasteiger partial charge in [-0.3, -0.25) is 9.59 Å². The normalized spacial score (nSPS) is 11.9. The smallest absolute Gasteiger partial charge is 0.250 e. The highest BCUT2D eigenvalue weighted by Crippen LogP contribution is 2.14. The maximum absolute atomic E-state index is 11.7. The molecule has 0 aliphatic rings. The van der Waals surface area contributed by atoms with Crippen LogP contribution in [-0.4, -0.2) is 17.9 Å². The van der Waals surface area contributed by atoms with Crippen LogP contribution in [0.25, 0.3) is 0 Å². The van der Waals surface area contributed by atoms with Gasteiger partial charge in [-0.25, -0.2) is 0 Å². The van der Waals surface area contributed by atoms with Crippen molar-refractivity contribution in [3.05, 3.63) is 29.8 Å². The van der Waals surface area contributed by atoms with Crippen molar-refractivity contribution in [1.29, 1.82) is 0 Å². The summed E-state index contributed by atoms with van der Waals surface area (Å²) in [6.07, 6.45) is 1.90. The molecule has 5 N–H and O–H groups in total. The van der Waals surface area contributed by atoms with E-state index in [1.54, 1.807) is 24.3 Å². The second kappa shape index (κ2) is 6.76. The Balaban J connectivity index is 2.56. The molecule has 1 unspecified atom stereocenters. The molecule has 1 atom stereocenters. The fraction of sp³-hybridized carbons (Fsp3) is 0.385. The SMILES string of the molecule is CC(N)CCCC(=O)Nc1ccccc1C(N)=O. The monoisotopic (exact) mass is 249 g/mol. The molecular formula is C13H19N3O2. The number of nitrogens with one attached hydrogen (secondary N) is 1. The zero-order valence-electron chi connectivity index (χ0n) is 10.5. The molecule has 98 valence electrons. The summed E-state index contributed by atoms with van der Waals surface area (Å²) >= 11 is 0. The number of hydrogen-bond acceptors (Lipinski definition) is 3. The van der Waals surface area contributed by atoms with Gasteiger partial charge in [0.25, 0.3) is 5.91 Å². The molecule has 0 aliphatic carbocycles. The van der Waals surface area contributed by atoms with Crippen LogP contribution in [0.15, 0.2) is 24.3 Å². The van der Waals surface area contributed by atoms with E-state index >= 15 is 0 Å². The number of anilines is 1. The predicted molar refractivity (Wildman–Crippen MR) is 71.1 cm³/mol. The third kappa shape index (κ3) is 4.55. The largest absolute Gasteiger partial charge is 0.366 e. The highest BCUT2D eigenvalue weighted by Gasteiger charge is 2.10. The quantitative estimate of drug-likeness (QED) is 0.707. The molecule has 0 spiro atoms. The molecule has 0 bridgehead atoms. The van der Waals surface area contributed by atoms with Crippen molar-refractivity contribution in [2.24, 2.45) is 11.5 Å². The van der Waals surface area contributed by atoms with E-state index in [0.29, 0.717) is 17.7 Å². The maximum Gasteiger partial charge on any atom is 0.250 e. The summed E-state index contributed by atoms with van der Waals surface area (Å²) in [5, 5.41) is 2.69. The number of amides is 2. The molecule has 5 nitrogen and oxygen atoms in total. The molecular weight excluding hydrogens is 230 g/mol. The van der Waals surface area contributed by atoms with Gasteiger partial charge in [0.1, 0.15) is 0 Å². The fourth-order valence-corrected chi connectivity index (χ4v) is 1.60. The Hall–Kier alpha value is -1.88. The number of para-hydroxylation sites is 1. The van der Waals surface area contributed by atoms with Crippen LogP contribution in [0, 0.1) is 0 Å². The molecule has 0 radical (unpaired) electrons. The molecule has 0 saturated heterocycles. The molecule has 0 fully saturated rings. The third-order valence-corrected chi connectivity index (χ3v) is 2.53. The average molecular weight is 249 g/mol. The van der Waals surface area contributed by atoms with Crippen molar-refractivity contribution < 1.29 is 9.59 Å². The first kappa shape index (κ1) is 14.2. The Morgan fingerprint density at radius 2 is 2.00 bits per heavy atom. The van der Waals surface area contributed by atoms with Crippen molar-refractivity contribution in [2.75, 3.05) is 5.32 Å². The van der Waals surface area contributed by atoms with Gasteiger partial charge in [0, 0.05) is 12.5 Å². The summed E-state index contributed by atoms with van der Waals surface area (Å²) in [6.45, 7) is 1.90. The highest BCUT2D eigenvalue weighted by molar-refractivity contribution is 6.02. The molecule has 2 amide bonds. The van der Waals surface area contributed by atoms with Gasteiger partial charge >= 0.3 is 0 Å². The van der Waals surface area contributed by atoms with Crippen molar-refractivity contribution in [1.82, 2.24) is 0 Å². The zero-order chi connectivity index (χ0) is 13.5. The van der Waals surface area contributed by atoms with E-state index in [4.69, 9.17) is 11.5 Å². The van der Waals surface area contributed by atoms with E-state index in [0.717, 1.165) is 12.8 Å². The van der Waals surface area contributed by atoms with Gasteiger partial charge in [-0.15, -0.1) is 0 Å². The van der Waals surface area contributed by atoms with Gasteiger partial charge in [0.2, 0.25) is 5.91 Å². The van der Waals surface area contributed by atoms with Crippen LogP contribution in [-0.2, 0) is 4.79 Å². The van der Waals surface area contributed by atoms with Crippen molar-refractivity contribution in [3.63, 3.8) is 0 Å². The Bertz CT molecular complexity index is 430. The molecule has 0 heterocycles. The predicted octanol–water partition coefficient (Wildman–Crippen LogP) is 1.24. The summed E-state index contributed by atoms with van der Waals surface area (Å²) in [5.74, 6) is -0.689. The number of benzene rings is 1. The number of primary amides is 1. The standard InChI is InChI=1S/C13H19N3O2/c1-9(14)5-4-8-12(17)16-11-7-3-2-6-10(11)13(15)18/h2-3,6-7,9H,4-5,8,14H2,1H3,(H2,15,18)(H,16,17). The van der Waals surface area contributed by atoms with Gasteiger partial charge in [-0.2, -0.15) is 0 Å². The molecule has 1 aromatic rings. The van der Waals surface area contributed by atoms with Crippen LogP contribution in [0.1, 0.15) is 36.5 Å². The number of carbonyl (C=O) groups excluding carboxylic acids is 2. The van der Waals surface area contributed by atoms with Gasteiger partial charge in [0.05, 0.1) is 11.3 Å². The van der Waals surface area contributed by atoms with E-state index in [9.17, 15) is 9.59 Å². The Morgan fingerprint density at radius 1 is 1.33 bits per heavy atom. The third-order valence-electron chi connectivity index (χ3n) is 2.53. The first-order valence-corrected chi connectivity index (χ1v) is 5.95. The molecule has 0 aromatic heterocycles. The van der Waals surface area contributed by atoms with Crippen molar-refractivity contribution in [2.45, 2.75) is 32.2 Å². The molecule has 18 heavy (non-hydrogen) atoms. The Kier molecular flexibility index (Phi) is 5.32. The summed E-state index contributed by atoms with van der Waals surface area (Å²) in [6, 6.07) is 6.77. The van der Waals surface area contributed by atoms with E-state index < -0.39 is 5.91 Å². The lowest BCUT2D eigenvalue weighted by Gasteiger charge is -2.09. The minimum Gasteiger partial charge on any atom is -0.366 e. The maximum atomic E-state index is 11.7. The van der Waals surface area contributed by atoms with Crippen LogP contribution in [0.4, 0.5) is 5.69 Å². The van der Waals surface area contributed by atoms with Crippen LogP contribution in [0.5, 0.6) is 0 Å². The first-order chi connectivity index (χ1) is 8.50. The van der Waals surface area contributed by atoms with Crippen LogP contribution in [0.2, 0.25) is 0 Å². The molecule has 1 rings (SSSR count). The Labute approximate surface area is 107 Å². The summed E-state index contributed by atoms with van der Waals surface area (Å²) in [7, 11) is 0. The minimum atomic E-state index is -0.554. The lowest BCUT2D eigenvalue weighted by Crippen LogP contribution is -2.19. The molecule has 5 heteroatoms. The van der Waals surface area contributed by atoms with Crippen molar-refractivity contribution in [3.8, 4) is 0 Å². The minimum absolute atomic E-state index is 0.0932. The number of rotatable bonds is 6. The van der Waals surface area contributed by atoms with E-state index in [1.165, 1.54) is 0 Å². The fourth-order valence-electron chi connectivity index (χ4n) is 1.60. The number of carbonyl (C=O) groups is 2. The molecule has 0 aliphatic heterocycles. The lowest BCUT2D eigenvalue weighted by molar-refractivity contribution is -0.116. The van der Waals surface area contributed by atoms with Crippen LogP contribution >= 0.6 is 0 Å². The van der Waals surface area contributed by atoms with Crippen LogP contribution < -0.4 is 16.8 Å². The summed E-state index contributed by atoms with van der Waals surface area (Å²) < 4.78 is 0. The van der Waals surface area contributed by atoms with Gasteiger partial charge < -0.3 is 16.8 Å². The number of hydrogen-bond donors (Lipinski definition) is 3. The topological polar surface area (TPSA) is 98.2 Å². The van der Waals surface area contributed by atoms with Crippen molar-refractivity contribution >= 4 is 17.5 Å². The highest BCUT2D eigenvalue weighted by atomic mass is 16.2. The van der Waals surface area contributed by atoms with Gasteiger partial charge in [0.15, 0.2) is 0 Å². The number of nitrogens with two attached hydrogens (primary N) is 2. The Morgan fingerprint density at radius 3 is 2.61 bits per heavy atom. The first-order valence-electron chi connectivity index (χ1n) is 5.95. The lowest BCUT2D eigenvalue weighted by atomic mass is 10.1. The van der Waals surface area contributed by atoms with E-state index in [-0.39, 0.29) is 11.9 Å². The second-order valence-electron chi connectivity index (χ2n) is 4.33. The van der Waals surface area contributed by atoms with E-state index in [1.807, 2.05) is 6.92 Å². The van der Waals surface area contributed by atoms with E-state index in [2.05, 4.69) is 5.32 Å². The summed E-state index contributed by atoms with van der Waals surface area (Å²) in [5.41, 5.74) is 11.6. The second-order valence-corrected chi connectivity index (χ2v) is 4.33. The van der Waals surface area contributed by atoms with Crippen LogP contribution in [0.3, 0.4) is 0 Å². The summed E-state index contributed by atoms with van der Waals surface area (Å²) in [4.78, 5) is 22.8.